The van der Waals surface area contributed by atoms with Crippen LogP contribution >= 0.6 is 11.8 Å². The van der Waals surface area contributed by atoms with Crippen LogP contribution in [0.4, 0.5) is 0 Å². The molecule has 24 heavy (non-hydrogen) atoms. The molecule has 0 bridgehead atoms. The second-order valence-electron chi connectivity index (χ2n) is 6.70. The van der Waals surface area contributed by atoms with E-state index in [0.717, 1.165) is 35.8 Å². The quantitative estimate of drug-likeness (QED) is 0.634. The van der Waals surface area contributed by atoms with E-state index in [4.69, 9.17) is 0 Å². The number of benzene rings is 1. The third-order valence-corrected chi connectivity index (χ3v) is 5.34. The van der Waals surface area contributed by atoms with Crippen LogP contribution in [-0.2, 0) is 0 Å². The zero-order valence-corrected chi connectivity index (χ0v) is 16.0. The first-order valence-corrected chi connectivity index (χ1v) is 9.48. The van der Waals surface area contributed by atoms with Crippen LogP contribution in [0.2, 0.25) is 0 Å². The fourth-order valence-corrected chi connectivity index (χ4v) is 3.79. The Kier molecular flexibility index (Phi) is 7.34. The Balaban J connectivity index is 1.95. The first kappa shape index (κ1) is 19.0. The SMILES string of the molecule is CC(C)=CCSc1ccccc1C(=O)NCC1CN(C)CCN1C. The molecule has 1 heterocycles. The van der Waals surface area contributed by atoms with E-state index < -0.39 is 0 Å². The number of likely N-dealkylation sites (N-methyl/N-ethyl adjacent to an activating group) is 2. The molecule has 2 rings (SSSR count). The zero-order chi connectivity index (χ0) is 17.5. The molecule has 1 amide bonds. The second kappa shape index (κ2) is 9.25. The Morgan fingerprint density at radius 3 is 2.79 bits per heavy atom. The number of hydrogen-bond acceptors (Lipinski definition) is 4. The van der Waals surface area contributed by atoms with Crippen molar-refractivity contribution in [3.05, 3.63) is 41.5 Å². The summed E-state index contributed by atoms with van der Waals surface area (Å²) in [6, 6.07) is 8.24. The van der Waals surface area contributed by atoms with E-state index in [1.165, 1.54) is 5.57 Å². The van der Waals surface area contributed by atoms with Gasteiger partial charge in [-0.1, -0.05) is 23.8 Å². The molecular weight excluding hydrogens is 318 g/mol. The first-order chi connectivity index (χ1) is 11.5. The minimum Gasteiger partial charge on any atom is -0.350 e. The van der Waals surface area contributed by atoms with E-state index >= 15 is 0 Å². The van der Waals surface area contributed by atoms with Gasteiger partial charge in [0.25, 0.3) is 5.91 Å². The maximum absolute atomic E-state index is 12.6. The monoisotopic (exact) mass is 347 g/mol. The number of hydrogen-bond donors (Lipinski definition) is 1. The molecule has 4 nitrogen and oxygen atoms in total. The summed E-state index contributed by atoms with van der Waals surface area (Å²) in [5.74, 6) is 0.917. The highest BCUT2D eigenvalue weighted by Crippen LogP contribution is 2.23. The topological polar surface area (TPSA) is 35.6 Å². The summed E-state index contributed by atoms with van der Waals surface area (Å²) in [6.45, 7) is 8.01. The fraction of sp³-hybridized carbons (Fsp3) is 0.526. The van der Waals surface area contributed by atoms with Gasteiger partial charge in [-0.25, -0.2) is 0 Å². The molecule has 1 aliphatic heterocycles. The van der Waals surface area contributed by atoms with Gasteiger partial charge in [0.1, 0.15) is 0 Å². The van der Waals surface area contributed by atoms with Crippen molar-refractivity contribution in [1.29, 1.82) is 0 Å². The number of nitrogens with zero attached hydrogens (tertiary/aromatic N) is 2. The van der Waals surface area contributed by atoms with Crippen LogP contribution < -0.4 is 5.32 Å². The van der Waals surface area contributed by atoms with Gasteiger partial charge in [0.2, 0.25) is 0 Å². The van der Waals surface area contributed by atoms with Gasteiger partial charge < -0.3 is 10.2 Å². The lowest BCUT2D eigenvalue weighted by atomic mass is 10.1. The second-order valence-corrected chi connectivity index (χ2v) is 7.76. The van der Waals surface area contributed by atoms with Crippen LogP contribution in [0.15, 0.2) is 40.8 Å². The number of carbonyl (C=O) groups is 1. The van der Waals surface area contributed by atoms with Gasteiger partial charge in [0.15, 0.2) is 0 Å². The van der Waals surface area contributed by atoms with Crippen LogP contribution in [0, 0.1) is 0 Å². The summed E-state index contributed by atoms with van der Waals surface area (Å²) in [5, 5.41) is 3.12. The summed E-state index contributed by atoms with van der Waals surface area (Å²) >= 11 is 1.71. The molecule has 1 aromatic carbocycles. The molecule has 1 atom stereocenters. The molecular formula is C19H29N3OS. The van der Waals surface area contributed by atoms with E-state index in [1.54, 1.807) is 11.8 Å². The Morgan fingerprint density at radius 2 is 2.04 bits per heavy atom. The summed E-state index contributed by atoms with van der Waals surface area (Å²) in [6.07, 6.45) is 2.19. The van der Waals surface area contributed by atoms with Gasteiger partial charge in [-0.3, -0.25) is 9.69 Å². The molecule has 0 spiro atoms. The Bertz CT molecular complexity index is 584. The number of piperazine rings is 1. The maximum Gasteiger partial charge on any atom is 0.252 e. The van der Waals surface area contributed by atoms with Crippen molar-refractivity contribution in [2.75, 3.05) is 46.0 Å². The number of rotatable bonds is 6. The van der Waals surface area contributed by atoms with Gasteiger partial charge in [-0.15, -0.1) is 11.8 Å². The molecule has 0 radical (unpaired) electrons. The number of carbonyl (C=O) groups excluding carboxylic acids is 1. The van der Waals surface area contributed by atoms with Crippen molar-refractivity contribution in [2.45, 2.75) is 24.8 Å². The average Bonchev–Trinajstić information content (AvgIpc) is 2.55. The molecule has 1 aliphatic rings. The van der Waals surface area contributed by atoms with E-state index in [2.05, 4.69) is 49.1 Å². The number of amides is 1. The van der Waals surface area contributed by atoms with Crippen molar-refractivity contribution >= 4 is 17.7 Å². The lowest BCUT2D eigenvalue weighted by Crippen LogP contribution is -2.54. The molecule has 1 N–H and O–H groups in total. The summed E-state index contributed by atoms with van der Waals surface area (Å²) in [7, 11) is 4.27. The summed E-state index contributed by atoms with van der Waals surface area (Å²) in [5.41, 5.74) is 2.07. The van der Waals surface area contributed by atoms with Gasteiger partial charge in [0.05, 0.1) is 5.56 Å². The minimum absolute atomic E-state index is 0.0249. The normalized spacial score (nSPS) is 19.1. The highest BCUT2D eigenvalue weighted by atomic mass is 32.2. The number of nitrogens with one attached hydrogen (secondary N) is 1. The third-order valence-electron chi connectivity index (χ3n) is 4.34. The van der Waals surface area contributed by atoms with Crippen LogP contribution in [0.3, 0.4) is 0 Å². The van der Waals surface area contributed by atoms with Crippen molar-refractivity contribution in [2.24, 2.45) is 0 Å². The lowest BCUT2D eigenvalue weighted by molar-refractivity contribution is 0.0878. The largest absolute Gasteiger partial charge is 0.350 e. The van der Waals surface area contributed by atoms with Crippen molar-refractivity contribution < 1.29 is 4.79 Å². The molecule has 132 valence electrons. The van der Waals surface area contributed by atoms with Crippen molar-refractivity contribution in [3.63, 3.8) is 0 Å². The molecule has 0 saturated carbocycles. The highest BCUT2D eigenvalue weighted by molar-refractivity contribution is 7.99. The average molecular weight is 348 g/mol. The molecule has 1 saturated heterocycles. The molecule has 0 aliphatic carbocycles. The van der Waals surface area contributed by atoms with Crippen LogP contribution in [-0.4, -0.2) is 67.8 Å². The van der Waals surface area contributed by atoms with Gasteiger partial charge in [-0.05, 0) is 40.1 Å². The maximum atomic E-state index is 12.6. The fourth-order valence-electron chi connectivity index (χ4n) is 2.71. The van der Waals surface area contributed by atoms with Gasteiger partial charge in [0, 0.05) is 42.9 Å². The van der Waals surface area contributed by atoms with Crippen molar-refractivity contribution in [3.8, 4) is 0 Å². The standard InChI is InChI=1S/C19H29N3OS/c1-15(2)9-12-24-18-8-6-5-7-17(18)19(23)20-13-16-14-21(3)10-11-22(16)4/h5-9,16H,10-14H2,1-4H3,(H,20,23). The van der Waals surface area contributed by atoms with Crippen LogP contribution in [0.25, 0.3) is 0 Å². The minimum atomic E-state index is 0.0249. The molecule has 0 aromatic heterocycles. The third kappa shape index (κ3) is 5.65. The first-order valence-electron chi connectivity index (χ1n) is 8.49. The Hall–Kier alpha value is -1.30. The van der Waals surface area contributed by atoms with Crippen LogP contribution in [0.5, 0.6) is 0 Å². The Labute approximate surface area is 150 Å². The molecule has 1 fully saturated rings. The summed E-state index contributed by atoms with van der Waals surface area (Å²) in [4.78, 5) is 18.3. The predicted molar refractivity (Wildman–Crippen MR) is 103 cm³/mol. The van der Waals surface area contributed by atoms with E-state index in [9.17, 15) is 4.79 Å². The number of thioether (sulfide) groups is 1. The van der Waals surface area contributed by atoms with Crippen molar-refractivity contribution in [1.82, 2.24) is 15.1 Å². The molecule has 5 heteroatoms. The molecule has 1 unspecified atom stereocenters. The highest BCUT2D eigenvalue weighted by Gasteiger charge is 2.23. The van der Waals surface area contributed by atoms with E-state index in [-0.39, 0.29) is 5.91 Å². The van der Waals surface area contributed by atoms with Crippen LogP contribution in [0.1, 0.15) is 24.2 Å². The summed E-state index contributed by atoms with van der Waals surface area (Å²) < 4.78 is 0. The zero-order valence-electron chi connectivity index (χ0n) is 15.2. The smallest absolute Gasteiger partial charge is 0.252 e. The lowest BCUT2D eigenvalue weighted by Gasteiger charge is -2.37. The van der Waals surface area contributed by atoms with Gasteiger partial charge >= 0.3 is 0 Å². The Morgan fingerprint density at radius 1 is 1.29 bits per heavy atom. The van der Waals surface area contributed by atoms with Gasteiger partial charge in [-0.2, -0.15) is 0 Å². The number of allylic oxidation sites excluding steroid dienone is 1. The van der Waals surface area contributed by atoms with E-state index in [1.807, 2.05) is 24.3 Å². The van der Waals surface area contributed by atoms with E-state index in [0.29, 0.717) is 12.6 Å². The molecule has 1 aromatic rings. The predicted octanol–water partition coefficient (Wildman–Crippen LogP) is 2.72.